The summed E-state index contributed by atoms with van der Waals surface area (Å²) >= 11 is 1.92. The fourth-order valence-corrected chi connectivity index (χ4v) is 2.86. The van der Waals surface area contributed by atoms with Crippen LogP contribution in [0.25, 0.3) is 0 Å². The van der Waals surface area contributed by atoms with Crippen LogP contribution in [0.15, 0.2) is 0 Å². The molecule has 0 aromatic heterocycles. The van der Waals surface area contributed by atoms with Gasteiger partial charge in [0.05, 0.1) is 0 Å². The second-order valence-corrected chi connectivity index (χ2v) is 5.26. The molecule has 0 radical (unpaired) electrons. The maximum absolute atomic E-state index is 5.83. The zero-order chi connectivity index (χ0) is 10.4. The SMILES string of the molecule is CSCCC(CN)N(C)C1CCCC1. The summed E-state index contributed by atoms with van der Waals surface area (Å²) in [6.07, 6.45) is 9.00. The second kappa shape index (κ2) is 6.70. The molecule has 1 rings (SSSR count). The minimum atomic E-state index is 0.602. The lowest BCUT2D eigenvalue weighted by Gasteiger charge is -2.32. The maximum Gasteiger partial charge on any atom is 0.0226 e. The van der Waals surface area contributed by atoms with Crippen LogP contribution in [0.3, 0.4) is 0 Å². The predicted molar refractivity (Wildman–Crippen MR) is 65.9 cm³/mol. The predicted octanol–water partition coefficient (Wildman–Crippen LogP) is 1.94. The first-order chi connectivity index (χ1) is 6.79. The Bertz CT molecular complexity index is 146. The summed E-state index contributed by atoms with van der Waals surface area (Å²) in [5.74, 6) is 1.24. The molecule has 1 saturated carbocycles. The van der Waals surface area contributed by atoms with E-state index >= 15 is 0 Å². The van der Waals surface area contributed by atoms with E-state index in [0.29, 0.717) is 6.04 Å². The third-order valence-electron chi connectivity index (χ3n) is 3.40. The lowest BCUT2D eigenvalue weighted by atomic mass is 10.1. The zero-order valence-corrected chi connectivity index (χ0v) is 10.4. The van der Waals surface area contributed by atoms with Crippen LogP contribution < -0.4 is 5.73 Å². The van der Waals surface area contributed by atoms with Gasteiger partial charge in [0.15, 0.2) is 0 Å². The summed E-state index contributed by atoms with van der Waals surface area (Å²) in [6.45, 7) is 0.813. The molecular weight excluding hydrogens is 192 g/mol. The molecular formula is C11H24N2S. The van der Waals surface area contributed by atoms with E-state index in [1.54, 1.807) is 0 Å². The highest BCUT2D eigenvalue weighted by molar-refractivity contribution is 7.98. The van der Waals surface area contributed by atoms with Crippen molar-refractivity contribution in [2.24, 2.45) is 5.73 Å². The van der Waals surface area contributed by atoms with Crippen molar-refractivity contribution >= 4 is 11.8 Å². The Balaban J connectivity index is 2.33. The number of rotatable bonds is 6. The van der Waals surface area contributed by atoms with Crippen molar-refractivity contribution in [3.05, 3.63) is 0 Å². The minimum absolute atomic E-state index is 0.602. The third-order valence-corrected chi connectivity index (χ3v) is 4.05. The van der Waals surface area contributed by atoms with Crippen molar-refractivity contribution in [1.82, 2.24) is 4.90 Å². The lowest BCUT2D eigenvalue weighted by molar-refractivity contribution is 0.175. The Morgan fingerprint density at radius 3 is 2.57 bits per heavy atom. The van der Waals surface area contributed by atoms with Crippen molar-refractivity contribution in [3.63, 3.8) is 0 Å². The molecule has 0 amide bonds. The molecule has 0 heterocycles. The van der Waals surface area contributed by atoms with Crippen molar-refractivity contribution in [3.8, 4) is 0 Å². The summed E-state index contributed by atoms with van der Waals surface area (Å²) in [7, 11) is 2.26. The molecule has 84 valence electrons. The molecule has 1 aliphatic carbocycles. The van der Waals surface area contributed by atoms with Gasteiger partial charge in [0.1, 0.15) is 0 Å². The van der Waals surface area contributed by atoms with Gasteiger partial charge in [-0.3, -0.25) is 4.90 Å². The van der Waals surface area contributed by atoms with Crippen molar-refractivity contribution < 1.29 is 0 Å². The van der Waals surface area contributed by atoms with Gasteiger partial charge >= 0.3 is 0 Å². The van der Waals surface area contributed by atoms with Gasteiger partial charge in [-0.2, -0.15) is 11.8 Å². The molecule has 0 spiro atoms. The Labute approximate surface area is 92.6 Å². The fourth-order valence-electron chi connectivity index (χ4n) is 2.35. The molecule has 3 heteroatoms. The fraction of sp³-hybridized carbons (Fsp3) is 1.00. The average Bonchev–Trinajstić information content (AvgIpc) is 2.71. The van der Waals surface area contributed by atoms with Crippen LogP contribution in [0.4, 0.5) is 0 Å². The smallest absolute Gasteiger partial charge is 0.0226 e. The van der Waals surface area contributed by atoms with Crippen LogP contribution in [0.2, 0.25) is 0 Å². The number of hydrogen-bond acceptors (Lipinski definition) is 3. The Hall–Kier alpha value is 0.270. The van der Waals surface area contributed by atoms with Crippen LogP contribution in [0.5, 0.6) is 0 Å². The molecule has 1 unspecified atom stereocenters. The standard InChI is InChI=1S/C11H24N2S/c1-13(10-5-3-4-6-10)11(9-12)7-8-14-2/h10-11H,3-9,12H2,1-2H3. The molecule has 0 aromatic rings. The molecule has 2 nitrogen and oxygen atoms in total. The van der Waals surface area contributed by atoms with E-state index in [4.69, 9.17) is 5.73 Å². The number of nitrogens with two attached hydrogens (primary N) is 1. The Morgan fingerprint density at radius 1 is 1.43 bits per heavy atom. The quantitative estimate of drug-likeness (QED) is 0.736. The van der Waals surface area contributed by atoms with E-state index in [-0.39, 0.29) is 0 Å². The van der Waals surface area contributed by atoms with E-state index in [9.17, 15) is 0 Å². The first kappa shape index (κ1) is 12.3. The molecule has 1 aliphatic rings. The van der Waals surface area contributed by atoms with Gasteiger partial charge in [0.2, 0.25) is 0 Å². The number of thioether (sulfide) groups is 1. The summed E-state index contributed by atoms with van der Waals surface area (Å²) in [6, 6.07) is 1.41. The Kier molecular flexibility index (Phi) is 5.90. The van der Waals surface area contributed by atoms with E-state index in [2.05, 4.69) is 18.2 Å². The van der Waals surface area contributed by atoms with Gasteiger partial charge in [-0.1, -0.05) is 12.8 Å². The van der Waals surface area contributed by atoms with E-state index < -0.39 is 0 Å². The molecule has 0 bridgehead atoms. The number of nitrogens with zero attached hydrogens (tertiary/aromatic N) is 1. The lowest BCUT2D eigenvalue weighted by Crippen LogP contribution is -2.43. The molecule has 0 aliphatic heterocycles. The molecule has 0 saturated heterocycles. The highest BCUT2D eigenvalue weighted by Gasteiger charge is 2.24. The largest absolute Gasteiger partial charge is 0.329 e. The summed E-state index contributed by atoms with van der Waals surface area (Å²) in [5.41, 5.74) is 5.83. The molecule has 2 N–H and O–H groups in total. The first-order valence-corrected chi connectivity index (χ1v) is 7.10. The second-order valence-electron chi connectivity index (χ2n) is 4.27. The minimum Gasteiger partial charge on any atom is -0.329 e. The Morgan fingerprint density at radius 2 is 2.07 bits per heavy atom. The van der Waals surface area contributed by atoms with Crippen LogP contribution in [0.1, 0.15) is 32.1 Å². The summed E-state index contributed by atoms with van der Waals surface area (Å²) in [5, 5.41) is 0. The first-order valence-electron chi connectivity index (χ1n) is 5.70. The van der Waals surface area contributed by atoms with Gasteiger partial charge < -0.3 is 5.73 Å². The van der Waals surface area contributed by atoms with Crippen LogP contribution in [-0.4, -0.2) is 42.6 Å². The van der Waals surface area contributed by atoms with Crippen molar-refractivity contribution in [1.29, 1.82) is 0 Å². The topological polar surface area (TPSA) is 29.3 Å². The summed E-state index contributed by atoms with van der Waals surface area (Å²) in [4.78, 5) is 2.53. The van der Waals surface area contributed by atoms with E-state index in [1.165, 1.54) is 37.9 Å². The van der Waals surface area contributed by atoms with Crippen LogP contribution in [0, 0.1) is 0 Å². The van der Waals surface area contributed by atoms with Gasteiger partial charge in [-0.25, -0.2) is 0 Å². The monoisotopic (exact) mass is 216 g/mol. The van der Waals surface area contributed by atoms with Gasteiger partial charge in [-0.05, 0) is 38.3 Å². The number of hydrogen-bond donors (Lipinski definition) is 1. The van der Waals surface area contributed by atoms with Crippen molar-refractivity contribution in [2.75, 3.05) is 25.6 Å². The highest BCUT2D eigenvalue weighted by atomic mass is 32.2. The average molecular weight is 216 g/mol. The zero-order valence-electron chi connectivity index (χ0n) is 9.54. The third kappa shape index (κ3) is 3.44. The highest BCUT2D eigenvalue weighted by Crippen LogP contribution is 2.24. The molecule has 14 heavy (non-hydrogen) atoms. The number of likely N-dealkylation sites (N-methyl/N-ethyl adjacent to an activating group) is 1. The van der Waals surface area contributed by atoms with E-state index in [1.807, 2.05) is 11.8 Å². The van der Waals surface area contributed by atoms with Crippen LogP contribution >= 0.6 is 11.8 Å². The normalized spacial score (nSPS) is 20.6. The van der Waals surface area contributed by atoms with Gasteiger partial charge in [-0.15, -0.1) is 0 Å². The van der Waals surface area contributed by atoms with Crippen molar-refractivity contribution in [2.45, 2.75) is 44.2 Å². The summed E-state index contributed by atoms with van der Waals surface area (Å²) < 4.78 is 0. The van der Waals surface area contributed by atoms with Gasteiger partial charge in [0, 0.05) is 18.6 Å². The maximum atomic E-state index is 5.83. The molecule has 0 aromatic carbocycles. The molecule has 1 fully saturated rings. The van der Waals surface area contributed by atoms with E-state index in [0.717, 1.165) is 12.6 Å². The van der Waals surface area contributed by atoms with Crippen LogP contribution in [-0.2, 0) is 0 Å². The molecule has 1 atom stereocenters. The van der Waals surface area contributed by atoms with Gasteiger partial charge in [0.25, 0.3) is 0 Å².